The molecule has 9 heteroatoms. The number of piperazine rings is 1. The maximum absolute atomic E-state index is 13.6. The number of aromatic nitrogens is 1. The molecule has 0 bridgehead atoms. The highest BCUT2D eigenvalue weighted by molar-refractivity contribution is 6.30. The number of halogens is 1. The number of benzene rings is 2. The Morgan fingerprint density at radius 2 is 1.76 bits per heavy atom. The molecule has 1 amide bonds. The summed E-state index contributed by atoms with van der Waals surface area (Å²) in [4.78, 5) is 34.5. The number of nitrogens with one attached hydrogen (secondary N) is 1. The van der Waals surface area contributed by atoms with Crippen molar-refractivity contribution in [1.29, 1.82) is 0 Å². The van der Waals surface area contributed by atoms with Crippen LogP contribution in [0.15, 0.2) is 54.6 Å². The zero-order valence-electron chi connectivity index (χ0n) is 19.3. The van der Waals surface area contributed by atoms with Crippen LogP contribution in [0, 0.1) is 10.1 Å². The summed E-state index contributed by atoms with van der Waals surface area (Å²) in [7, 11) is 4.10. The summed E-state index contributed by atoms with van der Waals surface area (Å²) in [6, 6.07) is 15.5. The van der Waals surface area contributed by atoms with Gasteiger partial charge in [-0.05, 0) is 43.9 Å². The third-order valence-corrected chi connectivity index (χ3v) is 6.35. The number of hydrogen-bond acceptors (Lipinski definition) is 5. The molecule has 2 heterocycles. The van der Waals surface area contributed by atoms with Crippen LogP contribution in [-0.2, 0) is 0 Å². The Morgan fingerprint density at radius 1 is 1.09 bits per heavy atom. The Kier molecular flexibility index (Phi) is 7.31. The standard InChI is InChI=1S/C25H28ClN5O3/c1-28(2)11-12-29-13-15-30(16-14-29)25(32)21-17-22(18-7-9-19(26)10-8-18)27-24(21)20-5-3-4-6-23(20)31(33)34/h3-10,17,27H,11-16H2,1-2H3. The number of nitro groups is 1. The highest BCUT2D eigenvalue weighted by atomic mass is 35.5. The van der Waals surface area contributed by atoms with Crippen molar-refractivity contribution in [2.75, 3.05) is 53.4 Å². The van der Waals surface area contributed by atoms with Gasteiger partial charge in [-0.15, -0.1) is 0 Å². The van der Waals surface area contributed by atoms with E-state index in [2.05, 4.69) is 14.8 Å². The number of hydrogen-bond donors (Lipinski definition) is 1. The Balaban J connectivity index is 1.67. The van der Waals surface area contributed by atoms with Crippen LogP contribution in [0.3, 0.4) is 0 Å². The number of carbonyl (C=O) groups is 1. The molecule has 0 saturated carbocycles. The molecule has 0 spiro atoms. The zero-order chi connectivity index (χ0) is 24.2. The van der Waals surface area contributed by atoms with E-state index in [9.17, 15) is 14.9 Å². The van der Waals surface area contributed by atoms with Crippen molar-refractivity contribution >= 4 is 23.2 Å². The number of rotatable bonds is 7. The lowest BCUT2D eigenvalue weighted by molar-refractivity contribution is -0.384. The average molecular weight is 482 g/mol. The van der Waals surface area contributed by atoms with Crippen LogP contribution >= 0.6 is 11.6 Å². The number of likely N-dealkylation sites (N-methyl/N-ethyl adjacent to an activating group) is 1. The minimum atomic E-state index is -0.421. The summed E-state index contributed by atoms with van der Waals surface area (Å²) >= 11 is 6.04. The normalized spacial score (nSPS) is 14.5. The van der Waals surface area contributed by atoms with Gasteiger partial charge in [-0.3, -0.25) is 19.8 Å². The van der Waals surface area contributed by atoms with Gasteiger partial charge in [0.2, 0.25) is 0 Å². The molecule has 178 valence electrons. The van der Waals surface area contributed by atoms with Gasteiger partial charge < -0.3 is 14.8 Å². The fourth-order valence-electron chi connectivity index (χ4n) is 4.15. The van der Waals surface area contributed by atoms with E-state index in [1.165, 1.54) is 6.07 Å². The molecule has 4 rings (SSSR count). The van der Waals surface area contributed by atoms with Crippen molar-refractivity contribution in [3.8, 4) is 22.5 Å². The second-order valence-electron chi connectivity index (χ2n) is 8.69. The average Bonchev–Trinajstić information content (AvgIpc) is 3.28. The first-order chi connectivity index (χ1) is 16.3. The molecule has 8 nitrogen and oxygen atoms in total. The van der Waals surface area contributed by atoms with Crippen LogP contribution in [0.4, 0.5) is 5.69 Å². The first-order valence-electron chi connectivity index (χ1n) is 11.2. The number of nitro benzene ring substituents is 1. The van der Waals surface area contributed by atoms with E-state index in [1.807, 2.05) is 31.1 Å². The predicted molar refractivity (Wildman–Crippen MR) is 134 cm³/mol. The molecular formula is C25H28ClN5O3. The zero-order valence-corrected chi connectivity index (χ0v) is 20.1. The second-order valence-corrected chi connectivity index (χ2v) is 9.13. The molecule has 1 fully saturated rings. The van der Waals surface area contributed by atoms with Gasteiger partial charge in [-0.1, -0.05) is 35.9 Å². The predicted octanol–water partition coefficient (Wildman–Crippen LogP) is 4.23. The van der Waals surface area contributed by atoms with Crippen molar-refractivity contribution in [3.63, 3.8) is 0 Å². The minimum absolute atomic E-state index is 0.0467. The number of H-pyrrole nitrogens is 1. The number of carbonyl (C=O) groups excluding carboxylic acids is 1. The van der Waals surface area contributed by atoms with E-state index in [-0.39, 0.29) is 11.6 Å². The summed E-state index contributed by atoms with van der Waals surface area (Å²) in [6.07, 6.45) is 0. The van der Waals surface area contributed by atoms with Crippen molar-refractivity contribution in [3.05, 3.63) is 75.3 Å². The largest absolute Gasteiger partial charge is 0.354 e. The molecular weight excluding hydrogens is 454 g/mol. The van der Waals surface area contributed by atoms with Gasteiger partial charge in [-0.2, -0.15) is 0 Å². The lowest BCUT2D eigenvalue weighted by Crippen LogP contribution is -2.50. The quantitative estimate of drug-likeness (QED) is 0.403. The molecule has 1 aliphatic rings. The number of amides is 1. The van der Waals surface area contributed by atoms with Crippen LogP contribution in [-0.4, -0.2) is 83.9 Å². The maximum Gasteiger partial charge on any atom is 0.278 e. The Hall–Kier alpha value is -3.20. The monoisotopic (exact) mass is 481 g/mol. The van der Waals surface area contributed by atoms with Crippen LogP contribution in [0.25, 0.3) is 22.5 Å². The van der Waals surface area contributed by atoms with Crippen LogP contribution in [0.1, 0.15) is 10.4 Å². The topological polar surface area (TPSA) is 85.7 Å². The van der Waals surface area contributed by atoms with Crippen LogP contribution in [0.2, 0.25) is 5.02 Å². The van der Waals surface area contributed by atoms with Crippen molar-refractivity contribution in [2.45, 2.75) is 0 Å². The minimum Gasteiger partial charge on any atom is -0.354 e. The molecule has 0 radical (unpaired) electrons. The van der Waals surface area contributed by atoms with E-state index < -0.39 is 4.92 Å². The van der Waals surface area contributed by atoms with Gasteiger partial charge in [0.1, 0.15) is 0 Å². The molecule has 1 aromatic heterocycles. The smallest absolute Gasteiger partial charge is 0.278 e. The molecule has 0 aliphatic carbocycles. The molecule has 1 N–H and O–H groups in total. The van der Waals surface area contributed by atoms with Crippen molar-refractivity contribution in [1.82, 2.24) is 19.7 Å². The number of aromatic amines is 1. The summed E-state index contributed by atoms with van der Waals surface area (Å²) in [6.45, 7) is 4.76. The van der Waals surface area contributed by atoms with E-state index >= 15 is 0 Å². The lowest BCUT2D eigenvalue weighted by atomic mass is 10.0. The van der Waals surface area contributed by atoms with Gasteiger partial charge in [0.05, 0.1) is 21.7 Å². The highest BCUT2D eigenvalue weighted by Gasteiger charge is 2.28. The Labute approximate surface area is 203 Å². The molecule has 0 unspecified atom stereocenters. The molecule has 2 aromatic carbocycles. The third kappa shape index (κ3) is 5.30. The van der Waals surface area contributed by atoms with Crippen LogP contribution in [0.5, 0.6) is 0 Å². The second kappa shape index (κ2) is 10.4. The molecule has 0 atom stereocenters. The van der Waals surface area contributed by atoms with E-state index in [1.54, 1.807) is 36.4 Å². The highest BCUT2D eigenvalue weighted by Crippen LogP contribution is 2.35. The maximum atomic E-state index is 13.6. The SMILES string of the molecule is CN(C)CCN1CCN(C(=O)c2cc(-c3ccc(Cl)cc3)[nH]c2-c2ccccc2[N+](=O)[O-])CC1. The van der Waals surface area contributed by atoms with Gasteiger partial charge in [-0.25, -0.2) is 0 Å². The summed E-state index contributed by atoms with van der Waals surface area (Å²) < 4.78 is 0. The van der Waals surface area contributed by atoms with Gasteiger partial charge >= 0.3 is 0 Å². The summed E-state index contributed by atoms with van der Waals surface area (Å²) in [5.41, 5.74) is 2.78. The molecule has 3 aromatic rings. The third-order valence-electron chi connectivity index (χ3n) is 6.10. The van der Waals surface area contributed by atoms with Crippen LogP contribution < -0.4 is 0 Å². The van der Waals surface area contributed by atoms with E-state index in [4.69, 9.17) is 11.6 Å². The molecule has 1 saturated heterocycles. The van der Waals surface area contributed by atoms with Gasteiger partial charge in [0.15, 0.2) is 0 Å². The Bertz CT molecular complexity index is 1170. The number of para-hydroxylation sites is 1. The lowest BCUT2D eigenvalue weighted by Gasteiger charge is -2.35. The molecule has 34 heavy (non-hydrogen) atoms. The fourth-order valence-corrected chi connectivity index (χ4v) is 4.28. The van der Waals surface area contributed by atoms with Crippen molar-refractivity contribution in [2.24, 2.45) is 0 Å². The number of nitrogens with zero attached hydrogens (tertiary/aromatic N) is 4. The van der Waals surface area contributed by atoms with Gasteiger partial charge in [0.25, 0.3) is 11.6 Å². The van der Waals surface area contributed by atoms with E-state index in [0.717, 1.165) is 31.7 Å². The summed E-state index contributed by atoms with van der Waals surface area (Å²) in [5, 5.41) is 12.3. The fraction of sp³-hybridized carbons (Fsp3) is 0.320. The Morgan fingerprint density at radius 3 is 2.41 bits per heavy atom. The first-order valence-corrected chi connectivity index (χ1v) is 11.6. The van der Waals surface area contributed by atoms with Gasteiger partial charge in [0, 0.05) is 56.1 Å². The molecule has 1 aliphatic heterocycles. The first kappa shape index (κ1) is 23.9. The summed E-state index contributed by atoms with van der Waals surface area (Å²) in [5.74, 6) is -0.128. The van der Waals surface area contributed by atoms with E-state index in [0.29, 0.717) is 40.6 Å². The van der Waals surface area contributed by atoms with Crippen molar-refractivity contribution < 1.29 is 9.72 Å².